The third-order valence-electron chi connectivity index (χ3n) is 6.85. The van der Waals surface area contributed by atoms with Crippen molar-refractivity contribution >= 4 is 47.3 Å². The number of carboxylic acid groups (broad SMARTS) is 2. The molecular weight excluding hydrogens is 518 g/mol. The van der Waals surface area contributed by atoms with E-state index >= 15 is 0 Å². The summed E-state index contributed by atoms with van der Waals surface area (Å²) in [5.41, 5.74) is 6.61. The number of ketones is 1. The number of amides is 2. The minimum atomic E-state index is -1.25. The van der Waals surface area contributed by atoms with E-state index in [9.17, 15) is 28.8 Å². The molecule has 0 spiro atoms. The number of ether oxygens (including phenoxy) is 1. The van der Waals surface area contributed by atoms with Crippen molar-refractivity contribution in [1.29, 1.82) is 0 Å². The molecule has 38 heavy (non-hydrogen) atoms. The number of hydrogen-bond acceptors (Lipinski definition) is 9. The summed E-state index contributed by atoms with van der Waals surface area (Å²) in [5, 5.41) is 22.5. The highest BCUT2D eigenvalue weighted by Crippen LogP contribution is 2.41. The lowest BCUT2D eigenvalue weighted by Crippen LogP contribution is -2.49. The lowest BCUT2D eigenvalue weighted by Gasteiger charge is -2.21. The first-order chi connectivity index (χ1) is 17.9. The fraction of sp³-hybridized carbons (Fsp3) is 0.680. The molecule has 6 atom stereocenters. The second kappa shape index (κ2) is 14.9. The summed E-state index contributed by atoms with van der Waals surface area (Å²) in [6.07, 6.45) is 4.00. The van der Waals surface area contributed by atoms with Crippen molar-refractivity contribution in [2.24, 2.45) is 23.5 Å². The molecule has 1 saturated heterocycles. The molecule has 2 amide bonds. The second-order valence-corrected chi connectivity index (χ2v) is 10.9. The fourth-order valence-electron chi connectivity index (χ4n) is 4.60. The van der Waals surface area contributed by atoms with Gasteiger partial charge in [0.15, 0.2) is 0 Å². The van der Waals surface area contributed by atoms with Gasteiger partial charge >= 0.3 is 17.9 Å². The lowest BCUT2D eigenvalue weighted by molar-refractivity contribution is -0.144. The summed E-state index contributed by atoms with van der Waals surface area (Å²) in [6, 6.07) is -2.32. The highest BCUT2D eigenvalue weighted by molar-refractivity contribution is 7.99. The van der Waals surface area contributed by atoms with Crippen molar-refractivity contribution < 1.29 is 43.7 Å². The van der Waals surface area contributed by atoms with Gasteiger partial charge in [-0.15, -0.1) is 0 Å². The topological polar surface area (TPSA) is 202 Å². The largest absolute Gasteiger partial charge is 0.480 e. The van der Waals surface area contributed by atoms with Crippen LogP contribution in [0.3, 0.4) is 0 Å². The number of esters is 1. The maximum Gasteiger partial charge on any atom is 0.322 e. The number of carboxylic acids is 2. The Bertz CT molecular complexity index is 954. The lowest BCUT2D eigenvalue weighted by atomic mass is 9.87. The van der Waals surface area contributed by atoms with Gasteiger partial charge in [0.25, 0.3) is 0 Å². The summed E-state index contributed by atoms with van der Waals surface area (Å²) in [5.74, 6) is -3.83. The molecular formula is C25H37N3O9S. The van der Waals surface area contributed by atoms with Gasteiger partial charge in [-0.1, -0.05) is 18.6 Å². The molecule has 1 fully saturated rings. The van der Waals surface area contributed by atoms with E-state index in [4.69, 9.17) is 20.7 Å². The monoisotopic (exact) mass is 555 g/mol. The van der Waals surface area contributed by atoms with E-state index in [-0.39, 0.29) is 48.3 Å². The molecule has 0 saturated carbocycles. The minimum Gasteiger partial charge on any atom is -0.480 e. The van der Waals surface area contributed by atoms with Gasteiger partial charge in [0.1, 0.15) is 30.5 Å². The van der Waals surface area contributed by atoms with Crippen LogP contribution >= 0.6 is 11.8 Å². The summed E-state index contributed by atoms with van der Waals surface area (Å²) < 4.78 is 5.68. The van der Waals surface area contributed by atoms with Crippen molar-refractivity contribution in [3.8, 4) is 0 Å². The molecule has 1 aliphatic heterocycles. The number of hydrogen-bond donors (Lipinski definition) is 5. The average molecular weight is 556 g/mol. The predicted octanol–water partition coefficient (Wildman–Crippen LogP) is 0.481. The Morgan fingerprint density at radius 1 is 1.21 bits per heavy atom. The fourth-order valence-corrected chi connectivity index (χ4v) is 5.85. The van der Waals surface area contributed by atoms with Crippen molar-refractivity contribution in [2.75, 3.05) is 18.1 Å². The highest BCUT2D eigenvalue weighted by atomic mass is 32.2. The quantitative estimate of drug-likeness (QED) is 0.139. The highest BCUT2D eigenvalue weighted by Gasteiger charge is 2.45. The zero-order valence-corrected chi connectivity index (χ0v) is 22.5. The number of rotatable bonds is 15. The Morgan fingerprint density at radius 3 is 2.55 bits per heavy atom. The third-order valence-corrected chi connectivity index (χ3v) is 8.01. The summed E-state index contributed by atoms with van der Waals surface area (Å²) in [6.45, 7) is 3.00. The van der Waals surface area contributed by atoms with Gasteiger partial charge in [-0.2, -0.15) is 11.8 Å². The molecule has 2 unspecified atom stereocenters. The van der Waals surface area contributed by atoms with Gasteiger partial charge < -0.3 is 36.1 Å². The zero-order valence-electron chi connectivity index (χ0n) is 21.6. The molecule has 1 heterocycles. The van der Waals surface area contributed by atoms with Gasteiger partial charge in [0, 0.05) is 30.3 Å². The van der Waals surface area contributed by atoms with Crippen LogP contribution in [0.2, 0.25) is 0 Å². The molecule has 0 aromatic rings. The van der Waals surface area contributed by atoms with Crippen LogP contribution < -0.4 is 16.4 Å². The average Bonchev–Trinajstić information content (AvgIpc) is 3.03. The molecule has 12 nitrogen and oxygen atoms in total. The molecule has 0 aromatic heterocycles. The smallest absolute Gasteiger partial charge is 0.322 e. The number of fused-ring (bicyclic) bond motifs is 1. The number of thioether (sulfide) groups is 1. The van der Waals surface area contributed by atoms with Gasteiger partial charge in [-0.05, 0) is 38.5 Å². The summed E-state index contributed by atoms with van der Waals surface area (Å²) >= 11 is 1.27. The zero-order chi connectivity index (χ0) is 28.4. The van der Waals surface area contributed by atoms with Gasteiger partial charge in [-0.3, -0.25) is 24.0 Å². The number of aliphatic carboxylic acids is 2. The predicted molar refractivity (Wildman–Crippen MR) is 138 cm³/mol. The Hall–Kier alpha value is -2.93. The molecule has 0 bridgehead atoms. The Morgan fingerprint density at radius 2 is 1.92 bits per heavy atom. The second-order valence-electron chi connectivity index (χ2n) is 9.85. The SMILES string of the molecule is CC(=O)CCC1=CC[C@@H]2C(CSC[C@H](NC(=O)CC[C@H](N)C(=O)O)C(=O)NCC(=O)O)C(=O)O[C@@H]2CC1C. The van der Waals surface area contributed by atoms with Crippen molar-refractivity contribution in [1.82, 2.24) is 10.6 Å². The first-order valence-electron chi connectivity index (χ1n) is 12.6. The molecule has 6 N–H and O–H groups in total. The molecule has 212 valence electrons. The maximum atomic E-state index is 12.6. The van der Waals surface area contributed by atoms with E-state index in [0.717, 1.165) is 0 Å². The third kappa shape index (κ3) is 9.75. The summed E-state index contributed by atoms with van der Waals surface area (Å²) in [4.78, 5) is 70.6. The standard InChI is InChI=1S/C25H37N3O9S/c1-13-9-20-16(6-5-15(13)4-3-14(2)29)17(25(36)37-20)11-38-12-19(23(33)27-10-22(31)32)28-21(30)8-7-18(26)24(34)35/h5,13,16-20H,3-4,6-12,26H2,1-2H3,(H,27,33)(H,28,30)(H,31,32)(H,34,35)/t13?,16-,17?,18+,19+,20-/m1/s1. The van der Waals surface area contributed by atoms with Crippen LogP contribution in [0, 0.1) is 17.8 Å². The van der Waals surface area contributed by atoms with Crippen LogP contribution in [0.25, 0.3) is 0 Å². The molecule has 0 aromatic carbocycles. The van der Waals surface area contributed by atoms with E-state index in [0.29, 0.717) is 31.4 Å². The Labute approximate surface area is 225 Å². The summed E-state index contributed by atoms with van der Waals surface area (Å²) in [7, 11) is 0. The molecule has 2 rings (SSSR count). The number of Topliss-reactive ketones (excluding diaryl/α,β-unsaturated/α-hetero) is 1. The van der Waals surface area contributed by atoms with E-state index in [1.165, 1.54) is 17.3 Å². The van der Waals surface area contributed by atoms with E-state index in [1.54, 1.807) is 6.92 Å². The Kier molecular flexibility index (Phi) is 12.2. The number of nitrogens with two attached hydrogens (primary N) is 1. The normalized spacial score (nSPS) is 24.2. The number of carbonyl (C=O) groups is 6. The molecule has 0 radical (unpaired) electrons. The Balaban J connectivity index is 1.99. The molecule has 2 aliphatic rings. The first-order valence-corrected chi connectivity index (χ1v) is 13.8. The number of allylic oxidation sites excluding steroid dienone is 2. The van der Waals surface area contributed by atoms with E-state index in [1.807, 2.05) is 0 Å². The van der Waals surface area contributed by atoms with Gasteiger partial charge in [0.05, 0.1) is 5.92 Å². The number of carbonyl (C=O) groups excluding carboxylic acids is 4. The van der Waals surface area contributed by atoms with Crippen molar-refractivity contribution in [3.05, 3.63) is 11.6 Å². The number of nitrogens with one attached hydrogen (secondary N) is 2. The van der Waals surface area contributed by atoms with E-state index < -0.39 is 48.3 Å². The van der Waals surface area contributed by atoms with Crippen LogP contribution in [-0.2, 0) is 33.5 Å². The van der Waals surface area contributed by atoms with Crippen molar-refractivity contribution in [3.63, 3.8) is 0 Å². The molecule has 1 aliphatic carbocycles. The molecule has 13 heteroatoms. The van der Waals surface area contributed by atoms with Crippen molar-refractivity contribution in [2.45, 2.75) is 70.6 Å². The van der Waals surface area contributed by atoms with Crippen LogP contribution in [0.1, 0.15) is 52.4 Å². The van der Waals surface area contributed by atoms with Gasteiger partial charge in [-0.25, -0.2) is 0 Å². The maximum absolute atomic E-state index is 12.6. The van der Waals surface area contributed by atoms with E-state index in [2.05, 4.69) is 23.6 Å². The van der Waals surface area contributed by atoms with Crippen LogP contribution in [-0.4, -0.2) is 82.0 Å². The van der Waals surface area contributed by atoms with Crippen LogP contribution in [0.15, 0.2) is 11.6 Å². The van der Waals surface area contributed by atoms with Crippen LogP contribution in [0.4, 0.5) is 0 Å². The van der Waals surface area contributed by atoms with Crippen LogP contribution in [0.5, 0.6) is 0 Å². The first kappa shape index (κ1) is 31.3. The van der Waals surface area contributed by atoms with Gasteiger partial charge in [0.2, 0.25) is 11.8 Å². The minimum absolute atomic E-state index is 0.0429.